The van der Waals surface area contributed by atoms with E-state index in [2.05, 4.69) is 48.9 Å². The van der Waals surface area contributed by atoms with E-state index in [0.29, 0.717) is 94.3 Å². The fourth-order valence-electron chi connectivity index (χ4n) is 10.00. The van der Waals surface area contributed by atoms with Gasteiger partial charge in [-0.05, 0) is 118 Å². The molecule has 0 aliphatic carbocycles. The maximum atomic E-state index is 13.9. The normalized spacial score (nSPS) is 15.3. The monoisotopic (exact) mass is 1050 g/mol. The number of ketones is 2. The molecule has 4 aromatic carbocycles. The Labute approximate surface area is 443 Å². The predicted molar refractivity (Wildman–Crippen MR) is 293 cm³/mol. The average molecular weight is 1050 g/mol. The molecule has 2 saturated heterocycles. The number of likely N-dealkylation sites (tertiary alicyclic amines) is 2. The van der Waals surface area contributed by atoms with Gasteiger partial charge in [-0.3, -0.25) is 19.2 Å². The molecule has 0 radical (unpaired) electrons. The van der Waals surface area contributed by atoms with Crippen LogP contribution in [0.1, 0.15) is 84.9 Å². The van der Waals surface area contributed by atoms with Crippen molar-refractivity contribution in [3.05, 3.63) is 141 Å². The van der Waals surface area contributed by atoms with E-state index in [1.807, 2.05) is 12.1 Å². The third kappa shape index (κ3) is 10.2. The van der Waals surface area contributed by atoms with Crippen molar-refractivity contribution in [2.24, 2.45) is 0 Å². The Morgan fingerprint density at radius 1 is 0.480 bits per heavy atom. The second-order valence-corrected chi connectivity index (χ2v) is 20.0. The quantitative estimate of drug-likeness (QED) is 0.0952. The summed E-state index contributed by atoms with van der Waals surface area (Å²) in [7, 11) is 9.36. The summed E-state index contributed by atoms with van der Waals surface area (Å²) in [6.45, 7) is 5.17. The molecular formula is C59H58N4O10S2. The summed E-state index contributed by atoms with van der Waals surface area (Å²) < 4.78 is 34.9. The number of nitrogens with zero attached hydrogens (tertiary/aromatic N) is 4. The molecule has 0 N–H and O–H groups in total. The number of methoxy groups -OCH3 is 6. The van der Waals surface area contributed by atoms with E-state index in [9.17, 15) is 19.2 Å². The number of amides is 2. The minimum Gasteiger partial charge on any atom is -0.494 e. The summed E-state index contributed by atoms with van der Waals surface area (Å²) in [6, 6.07) is 28.2. The lowest BCUT2D eigenvalue weighted by atomic mass is 9.95. The number of benzene rings is 4. The number of ether oxygens (including phenoxy) is 6. The van der Waals surface area contributed by atoms with Gasteiger partial charge in [0.2, 0.25) is 11.6 Å². The third-order valence-electron chi connectivity index (χ3n) is 13.9. The molecule has 2 unspecified atom stereocenters. The van der Waals surface area contributed by atoms with Gasteiger partial charge in [-0.2, -0.15) is 0 Å². The standard InChI is InChI=1S/C30H30N2O5S.C29H28N2O5S/c1-18-8-7-9-20-21(17-38-29(18)20)27-25(36-3)14-12-22(31-27)28(33)23-10-5-6-15-32(23)30(34)19-11-13-24(35-2)26(16-19)37-4;1-17-7-5-8-19-20(16-37-28(17)19)26-24(35-3)13-11-21(30-26)27(32)22-9-6-14-31(22)29(33)18-10-12-23(34-2)25(15-18)36-4/h7-9,11-14,16-17,23H,5-6,10,15H2,1-4H3;5,7-8,10-13,15-16,22H,6,9,14H2,1-4H3. The number of carbonyl (C=O) groups is 4. The highest BCUT2D eigenvalue weighted by Crippen LogP contribution is 2.41. The van der Waals surface area contributed by atoms with Gasteiger partial charge in [0.15, 0.2) is 23.0 Å². The van der Waals surface area contributed by atoms with Crippen LogP contribution in [0.5, 0.6) is 34.5 Å². The number of rotatable bonds is 14. The van der Waals surface area contributed by atoms with Crippen molar-refractivity contribution in [3.8, 4) is 57.0 Å². The Hall–Kier alpha value is -7.82. The zero-order chi connectivity index (χ0) is 52.9. The molecule has 14 nitrogen and oxygen atoms in total. The van der Waals surface area contributed by atoms with E-state index < -0.39 is 12.1 Å². The van der Waals surface area contributed by atoms with Gasteiger partial charge in [-0.1, -0.05) is 36.4 Å². The van der Waals surface area contributed by atoms with Gasteiger partial charge in [-0.15, -0.1) is 22.7 Å². The summed E-state index contributed by atoms with van der Waals surface area (Å²) >= 11 is 3.30. The number of piperidine rings is 1. The predicted octanol–water partition coefficient (Wildman–Crippen LogP) is 12.0. The van der Waals surface area contributed by atoms with Gasteiger partial charge < -0.3 is 38.2 Å². The van der Waals surface area contributed by atoms with Crippen LogP contribution in [0.2, 0.25) is 0 Å². The van der Waals surface area contributed by atoms with Gasteiger partial charge in [0.1, 0.15) is 34.3 Å². The van der Waals surface area contributed by atoms with E-state index in [4.69, 9.17) is 38.4 Å². The number of hydrogen-bond acceptors (Lipinski definition) is 14. The fraction of sp³-hybridized carbons (Fsp3) is 0.288. The van der Waals surface area contributed by atoms with Crippen LogP contribution in [0.4, 0.5) is 0 Å². The highest BCUT2D eigenvalue weighted by molar-refractivity contribution is 7.18. The van der Waals surface area contributed by atoms with Crippen LogP contribution in [0.3, 0.4) is 0 Å². The van der Waals surface area contributed by atoms with Crippen LogP contribution in [-0.2, 0) is 0 Å². The topological polar surface area (TPSA) is 156 Å². The van der Waals surface area contributed by atoms with Gasteiger partial charge >= 0.3 is 0 Å². The van der Waals surface area contributed by atoms with E-state index in [1.165, 1.54) is 34.7 Å². The first-order chi connectivity index (χ1) is 36.4. The van der Waals surface area contributed by atoms with Gasteiger partial charge in [0.05, 0.1) is 54.7 Å². The number of hydrogen-bond donors (Lipinski definition) is 0. The molecule has 386 valence electrons. The highest BCUT2D eigenvalue weighted by atomic mass is 32.1. The van der Waals surface area contributed by atoms with Crippen LogP contribution in [0.15, 0.2) is 108 Å². The molecule has 2 atom stereocenters. The van der Waals surface area contributed by atoms with E-state index in [-0.39, 0.29) is 23.4 Å². The largest absolute Gasteiger partial charge is 0.494 e. The molecule has 0 spiro atoms. The van der Waals surface area contributed by atoms with Crippen molar-refractivity contribution in [1.29, 1.82) is 0 Å². The van der Waals surface area contributed by atoms with Crippen molar-refractivity contribution in [2.45, 2.75) is 58.0 Å². The van der Waals surface area contributed by atoms with E-state index >= 15 is 0 Å². The van der Waals surface area contributed by atoms with Crippen LogP contribution in [-0.4, -0.2) is 111 Å². The minimum absolute atomic E-state index is 0.168. The lowest BCUT2D eigenvalue weighted by Crippen LogP contribution is -2.48. The molecule has 0 bridgehead atoms. The van der Waals surface area contributed by atoms with Crippen molar-refractivity contribution < 1.29 is 47.6 Å². The summed E-state index contributed by atoms with van der Waals surface area (Å²) in [6.07, 6.45) is 3.61. The fourth-order valence-corrected chi connectivity index (χ4v) is 12.1. The summed E-state index contributed by atoms with van der Waals surface area (Å²) in [5.41, 5.74) is 7.04. The lowest BCUT2D eigenvalue weighted by molar-refractivity contribution is 0.0545. The minimum atomic E-state index is -0.598. The molecule has 6 heterocycles. The summed E-state index contributed by atoms with van der Waals surface area (Å²) in [5.74, 6) is 2.45. The molecule has 16 heteroatoms. The molecule has 0 saturated carbocycles. The molecule has 4 aromatic heterocycles. The molecule has 10 rings (SSSR count). The summed E-state index contributed by atoms with van der Waals surface area (Å²) in [4.78, 5) is 67.5. The van der Waals surface area contributed by atoms with Crippen molar-refractivity contribution in [1.82, 2.24) is 19.8 Å². The first-order valence-corrected chi connectivity index (χ1v) is 26.4. The maximum Gasteiger partial charge on any atom is 0.254 e. The molecule has 2 aliphatic rings. The number of pyridine rings is 2. The number of carbonyl (C=O) groups excluding carboxylic acids is 4. The molecule has 75 heavy (non-hydrogen) atoms. The smallest absolute Gasteiger partial charge is 0.254 e. The third-order valence-corrected chi connectivity index (χ3v) is 16.2. The Kier molecular flexibility index (Phi) is 15.8. The molecular weight excluding hydrogens is 989 g/mol. The van der Waals surface area contributed by atoms with Crippen LogP contribution in [0.25, 0.3) is 42.7 Å². The Balaban J connectivity index is 0.000000184. The maximum absolute atomic E-state index is 13.9. The van der Waals surface area contributed by atoms with Crippen LogP contribution >= 0.6 is 22.7 Å². The molecule has 8 aromatic rings. The Morgan fingerprint density at radius 3 is 1.31 bits per heavy atom. The lowest BCUT2D eigenvalue weighted by Gasteiger charge is -2.34. The van der Waals surface area contributed by atoms with Crippen molar-refractivity contribution in [2.75, 3.05) is 55.7 Å². The first-order valence-electron chi connectivity index (χ1n) is 24.6. The van der Waals surface area contributed by atoms with Crippen LogP contribution < -0.4 is 28.4 Å². The van der Waals surface area contributed by atoms with Crippen molar-refractivity contribution in [3.63, 3.8) is 0 Å². The van der Waals surface area contributed by atoms with Crippen LogP contribution in [0, 0.1) is 13.8 Å². The Morgan fingerprint density at radius 2 is 0.880 bits per heavy atom. The van der Waals surface area contributed by atoms with E-state index in [0.717, 1.165) is 41.2 Å². The number of fused-ring (bicyclic) bond motifs is 2. The zero-order valence-corrected chi connectivity index (χ0v) is 44.8. The summed E-state index contributed by atoms with van der Waals surface area (Å²) in [5, 5.41) is 6.27. The average Bonchev–Trinajstić information content (AvgIpc) is 4.25. The second kappa shape index (κ2) is 22.7. The molecule has 2 amide bonds. The SMILES string of the molecule is COc1ccc(C(=O)N2CCCC2C(=O)c2ccc(OC)c(-c3csc4c(C)cccc34)n2)cc1OC.COc1ccc(C(=O)N2CCCCC2C(=O)c2ccc(OC)c(-c3csc4c(C)cccc34)n2)cc1OC. The number of thiophene rings is 2. The molecule has 2 aliphatic heterocycles. The Bertz CT molecular complexity index is 3460. The number of Topliss-reactive ketones (excluding diaryl/α,β-unsaturated/α-hetero) is 2. The van der Waals surface area contributed by atoms with Crippen molar-refractivity contribution >= 4 is 66.2 Å². The molecule has 2 fully saturated rings. The second-order valence-electron chi connectivity index (χ2n) is 18.2. The number of aryl methyl sites for hydroxylation is 2. The number of aromatic nitrogens is 2. The van der Waals surface area contributed by atoms with Gasteiger partial charge in [0, 0.05) is 66.3 Å². The highest BCUT2D eigenvalue weighted by Gasteiger charge is 2.37. The first kappa shape index (κ1) is 52.1. The van der Waals surface area contributed by atoms with Gasteiger partial charge in [0.25, 0.3) is 11.8 Å². The van der Waals surface area contributed by atoms with E-state index in [1.54, 1.807) is 122 Å². The van der Waals surface area contributed by atoms with Gasteiger partial charge in [-0.25, -0.2) is 9.97 Å². The zero-order valence-electron chi connectivity index (χ0n) is 43.2.